The zero-order valence-corrected chi connectivity index (χ0v) is 15.0. The maximum atomic E-state index is 11.9. The number of rotatable bonds is 7. The van der Waals surface area contributed by atoms with Crippen molar-refractivity contribution in [2.45, 2.75) is 45.5 Å². The number of nitrogens with one attached hydrogen (secondary N) is 2. The lowest BCUT2D eigenvalue weighted by molar-refractivity contribution is -0.137. The summed E-state index contributed by atoms with van der Waals surface area (Å²) in [5.74, 6) is -0.963. The molecule has 1 atom stereocenters. The molecule has 2 rings (SSSR count). The van der Waals surface area contributed by atoms with Crippen molar-refractivity contribution in [2.24, 2.45) is 0 Å². The van der Waals surface area contributed by atoms with Crippen LogP contribution >= 0.6 is 0 Å². The molecule has 0 spiro atoms. The molecule has 1 fully saturated rings. The van der Waals surface area contributed by atoms with Crippen LogP contribution in [0.1, 0.15) is 44.0 Å². The number of carbonyl (C=O) groups is 2. The molecule has 1 aliphatic rings. The normalized spacial score (nSPS) is 18.6. The summed E-state index contributed by atoms with van der Waals surface area (Å²) in [6.45, 7) is 6.93. The number of hydrogen-bond donors (Lipinski definition) is 2. The minimum absolute atomic E-state index is 0.166. The first-order valence-electron chi connectivity index (χ1n) is 8.53. The molecular weight excluding hydrogens is 324 g/mol. The topological polar surface area (TPSA) is 85.9 Å². The SMILES string of the molecule is CCCCOC(=O)c1ccc(NC(=O)NCC2COC(C)(C)O2)cc1. The fraction of sp³-hybridized carbons (Fsp3) is 0.556. The zero-order valence-electron chi connectivity index (χ0n) is 15.0. The molecule has 2 N–H and O–H groups in total. The Labute approximate surface area is 148 Å². The van der Waals surface area contributed by atoms with Crippen LogP contribution in [-0.4, -0.2) is 43.7 Å². The second-order valence-corrected chi connectivity index (χ2v) is 6.35. The van der Waals surface area contributed by atoms with Crippen molar-refractivity contribution in [1.29, 1.82) is 0 Å². The van der Waals surface area contributed by atoms with Crippen molar-refractivity contribution in [3.05, 3.63) is 29.8 Å². The van der Waals surface area contributed by atoms with Gasteiger partial charge in [0.15, 0.2) is 5.79 Å². The number of carbonyl (C=O) groups excluding carboxylic acids is 2. The Morgan fingerprint density at radius 1 is 1.28 bits per heavy atom. The summed E-state index contributed by atoms with van der Waals surface area (Å²) in [6, 6.07) is 6.23. The molecule has 1 aromatic carbocycles. The van der Waals surface area contributed by atoms with Gasteiger partial charge in [-0.05, 0) is 44.5 Å². The van der Waals surface area contributed by atoms with E-state index in [9.17, 15) is 9.59 Å². The molecular formula is C18H26N2O5. The minimum Gasteiger partial charge on any atom is -0.462 e. The van der Waals surface area contributed by atoms with Crippen LogP contribution in [0.25, 0.3) is 0 Å². The average molecular weight is 350 g/mol. The van der Waals surface area contributed by atoms with Gasteiger partial charge in [0.2, 0.25) is 0 Å². The predicted molar refractivity (Wildman–Crippen MR) is 93.6 cm³/mol. The van der Waals surface area contributed by atoms with Gasteiger partial charge in [-0.2, -0.15) is 0 Å². The highest BCUT2D eigenvalue weighted by Crippen LogP contribution is 2.21. The summed E-state index contributed by atoms with van der Waals surface area (Å²) < 4.78 is 16.2. The summed E-state index contributed by atoms with van der Waals surface area (Å²) >= 11 is 0. The Morgan fingerprint density at radius 2 is 2.00 bits per heavy atom. The lowest BCUT2D eigenvalue weighted by atomic mass is 10.2. The molecule has 1 unspecified atom stereocenters. The number of hydrogen-bond acceptors (Lipinski definition) is 5. The van der Waals surface area contributed by atoms with Crippen molar-refractivity contribution in [2.75, 3.05) is 25.1 Å². The van der Waals surface area contributed by atoms with Crippen LogP contribution in [0.4, 0.5) is 10.5 Å². The number of amides is 2. The highest BCUT2D eigenvalue weighted by molar-refractivity contribution is 5.92. The monoisotopic (exact) mass is 350 g/mol. The lowest BCUT2D eigenvalue weighted by Gasteiger charge is -2.17. The maximum absolute atomic E-state index is 11.9. The summed E-state index contributed by atoms with van der Waals surface area (Å²) in [7, 11) is 0. The first-order chi connectivity index (χ1) is 11.9. The van der Waals surface area contributed by atoms with Crippen LogP contribution in [0, 0.1) is 0 Å². The molecule has 1 heterocycles. The molecule has 138 valence electrons. The molecule has 0 radical (unpaired) electrons. The standard InChI is InChI=1S/C18H26N2O5/c1-4-5-10-23-16(21)13-6-8-14(9-7-13)20-17(22)19-11-15-12-24-18(2,3)25-15/h6-9,15H,4-5,10-12H2,1-3H3,(H2,19,20,22). The molecule has 7 nitrogen and oxygen atoms in total. The first kappa shape index (κ1) is 19.2. The Balaban J connectivity index is 1.74. The van der Waals surface area contributed by atoms with Gasteiger partial charge in [-0.3, -0.25) is 0 Å². The van der Waals surface area contributed by atoms with Gasteiger partial charge in [0.1, 0.15) is 6.10 Å². The van der Waals surface area contributed by atoms with E-state index in [-0.39, 0.29) is 18.1 Å². The fourth-order valence-electron chi connectivity index (χ4n) is 2.33. The molecule has 1 aromatic rings. The molecule has 2 amide bonds. The van der Waals surface area contributed by atoms with Gasteiger partial charge in [0, 0.05) is 12.2 Å². The van der Waals surface area contributed by atoms with E-state index < -0.39 is 5.79 Å². The number of urea groups is 1. The zero-order chi connectivity index (χ0) is 18.3. The van der Waals surface area contributed by atoms with E-state index in [0.29, 0.717) is 31.0 Å². The Morgan fingerprint density at radius 3 is 2.60 bits per heavy atom. The second kappa shape index (κ2) is 8.82. The largest absolute Gasteiger partial charge is 0.462 e. The third kappa shape index (κ3) is 6.36. The average Bonchev–Trinajstić information content (AvgIpc) is 2.93. The molecule has 7 heteroatoms. The van der Waals surface area contributed by atoms with Crippen LogP contribution in [0.3, 0.4) is 0 Å². The van der Waals surface area contributed by atoms with Crippen molar-refractivity contribution < 1.29 is 23.8 Å². The van der Waals surface area contributed by atoms with E-state index in [1.54, 1.807) is 24.3 Å². The lowest BCUT2D eigenvalue weighted by Crippen LogP contribution is -2.37. The minimum atomic E-state index is -0.607. The first-order valence-corrected chi connectivity index (χ1v) is 8.53. The van der Waals surface area contributed by atoms with Gasteiger partial charge < -0.3 is 24.8 Å². The van der Waals surface area contributed by atoms with Gasteiger partial charge in [0.05, 0.1) is 18.8 Å². The van der Waals surface area contributed by atoms with Gasteiger partial charge >= 0.3 is 12.0 Å². The third-order valence-electron chi connectivity index (χ3n) is 3.67. The van der Waals surface area contributed by atoms with Crippen LogP contribution in [-0.2, 0) is 14.2 Å². The van der Waals surface area contributed by atoms with Crippen molar-refractivity contribution >= 4 is 17.7 Å². The molecule has 1 aliphatic heterocycles. The summed E-state index contributed by atoms with van der Waals surface area (Å²) in [5.41, 5.74) is 1.05. The van der Waals surface area contributed by atoms with Crippen LogP contribution in [0.5, 0.6) is 0 Å². The summed E-state index contributed by atoms with van der Waals surface area (Å²) in [6.07, 6.45) is 1.65. The molecule has 0 aliphatic carbocycles. The smallest absolute Gasteiger partial charge is 0.338 e. The van der Waals surface area contributed by atoms with E-state index >= 15 is 0 Å². The molecule has 0 saturated carbocycles. The van der Waals surface area contributed by atoms with E-state index in [4.69, 9.17) is 14.2 Å². The third-order valence-corrected chi connectivity index (χ3v) is 3.67. The van der Waals surface area contributed by atoms with E-state index in [1.165, 1.54) is 0 Å². The maximum Gasteiger partial charge on any atom is 0.338 e. The van der Waals surface area contributed by atoms with E-state index in [2.05, 4.69) is 10.6 Å². The Bertz CT molecular complexity index is 586. The fourth-order valence-corrected chi connectivity index (χ4v) is 2.33. The number of benzene rings is 1. The highest BCUT2D eigenvalue weighted by atomic mass is 16.7. The Hall–Kier alpha value is -2.12. The highest BCUT2D eigenvalue weighted by Gasteiger charge is 2.32. The second-order valence-electron chi connectivity index (χ2n) is 6.35. The van der Waals surface area contributed by atoms with Crippen LogP contribution < -0.4 is 10.6 Å². The summed E-state index contributed by atoms with van der Waals surface area (Å²) in [5, 5.41) is 5.44. The molecule has 0 aromatic heterocycles. The number of anilines is 1. The number of unbranched alkanes of at least 4 members (excludes halogenated alkanes) is 1. The quantitative estimate of drug-likeness (QED) is 0.583. The van der Waals surface area contributed by atoms with Crippen LogP contribution in [0.2, 0.25) is 0 Å². The number of ether oxygens (including phenoxy) is 3. The Kier molecular flexibility index (Phi) is 6.78. The number of esters is 1. The molecule has 0 bridgehead atoms. The van der Waals surface area contributed by atoms with Crippen molar-refractivity contribution in [1.82, 2.24) is 5.32 Å². The van der Waals surface area contributed by atoms with E-state index in [0.717, 1.165) is 12.8 Å². The molecule has 1 saturated heterocycles. The molecule has 25 heavy (non-hydrogen) atoms. The van der Waals surface area contributed by atoms with Crippen molar-refractivity contribution in [3.8, 4) is 0 Å². The van der Waals surface area contributed by atoms with Gasteiger partial charge in [-0.15, -0.1) is 0 Å². The van der Waals surface area contributed by atoms with Gasteiger partial charge in [-0.25, -0.2) is 9.59 Å². The van der Waals surface area contributed by atoms with Crippen LogP contribution in [0.15, 0.2) is 24.3 Å². The van der Waals surface area contributed by atoms with E-state index in [1.807, 2.05) is 20.8 Å². The van der Waals surface area contributed by atoms with Gasteiger partial charge in [-0.1, -0.05) is 13.3 Å². The van der Waals surface area contributed by atoms with Crippen molar-refractivity contribution in [3.63, 3.8) is 0 Å². The van der Waals surface area contributed by atoms with Gasteiger partial charge in [0.25, 0.3) is 0 Å². The summed E-state index contributed by atoms with van der Waals surface area (Å²) in [4.78, 5) is 23.7. The predicted octanol–water partition coefficient (Wildman–Crippen LogP) is 2.92.